The van der Waals surface area contributed by atoms with E-state index < -0.39 is 0 Å². The van der Waals surface area contributed by atoms with Crippen molar-refractivity contribution in [2.24, 2.45) is 0 Å². The van der Waals surface area contributed by atoms with Crippen LogP contribution >= 0.6 is 11.8 Å². The lowest BCUT2D eigenvalue weighted by atomic mass is 10.1. The highest BCUT2D eigenvalue weighted by atomic mass is 32.2. The van der Waals surface area contributed by atoms with Crippen LogP contribution in [0.1, 0.15) is 23.7 Å². The number of nitrogens with zero attached hydrogens (tertiary/aromatic N) is 3. The summed E-state index contributed by atoms with van der Waals surface area (Å²) in [5, 5.41) is 8.54. The molecule has 2 rings (SSSR count). The largest absolute Gasteiger partial charge is 0.497 e. The lowest BCUT2D eigenvalue weighted by Crippen LogP contribution is -2.15. The van der Waals surface area contributed by atoms with Crippen molar-refractivity contribution in [3.8, 4) is 5.75 Å². The molecule has 124 valence electrons. The molecular formula is C16H21N3O3S. The molecule has 0 aliphatic heterocycles. The fourth-order valence-electron chi connectivity index (χ4n) is 2.07. The molecule has 0 spiro atoms. The molecule has 0 amide bonds. The van der Waals surface area contributed by atoms with Crippen LogP contribution in [0, 0.1) is 0 Å². The minimum Gasteiger partial charge on any atom is -0.497 e. The van der Waals surface area contributed by atoms with Crippen molar-refractivity contribution in [2.45, 2.75) is 30.3 Å². The summed E-state index contributed by atoms with van der Waals surface area (Å²) in [4.78, 5) is 12.5. The second kappa shape index (κ2) is 8.69. The standard InChI is InChI=1S/C16H21N3O3S/c1-12(15(20)13-5-7-14(22-3)8-6-13)23-16-18-17-11-19(16)9-4-10-21-2/h5-8,11-12H,4,9-10H2,1-3H3. The first-order valence-corrected chi connectivity index (χ1v) is 8.25. The highest BCUT2D eigenvalue weighted by molar-refractivity contribution is 8.00. The van der Waals surface area contributed by atoms with Crippen molar-refractivity contribution in [1.29, 1.82) is 0 Å². The molecule has 0 radical (unpaired) electrons. The molecule has 0 fully saturated rings. The number of carbonyl (C=O) groups is 1. The molecule has 23 heavy (non-hydrogen) atoms. The fourth-order valence-corrected chi connectivity index (χ4v) is 3.00. The number of Topliss-reactive ketones (excluding diaryl/α,β-unsaturated/α-hetero) is 1. The van der Waals surface area contributed by atoms with Crippen LogP contribution in [0.4, 0.5) is 0 Å². The number of benzene rings is 1. The van der Waals surface area contributed by atoms with Crippen molar-refractivity contribution < 1.29 is 14.3 Å². The van der Waals surface area contributed by atoms with E-state index in [1.165, 1.54) is 11.8 Å². The monoisotopic (exact) mass is 335 g/mol. The van der Waals surface area contributed by atoms with Gasteiger partial charge in [0.1, 0.15) is 12.1 Å². The van der Waals surface area contributed by atoms with Crippen molar-refractivity contribution in [2.75, 3.05) is 20.8 Å². The maximum absolute atomic E-state index is 12.5. The van der Waals surface area contributed by atoms with Gasteiger partial charge in [0.05, 0.1) is 12.4 Å². The van der Waals surface area contributed by atoms with Gasteiger partial charge in [0.2, 0.25) is 0 Å². The van der Waals surface area contributed by atoms with Crippen LogP contribution in [0.3, 0.4) is 0 Å². The van der Waals surface area contributed by atoms with Gasteiger partial charge in [-0.3, -0.25) is 4.79 Å². The van der Waals surface area contributed by atoms with Gasteiger partial charge in [-0.05, 0) is 37.6 Å². The van der Waals surface area contributed by atoms with E-state index in [9.17, 15) is 4.79 Å². The van der Waals surface area contributed by atoms with Crippen LogP contribution in [-0.4, -0.2) is 46.6 Å². The number of hydrogen-bond donors (Lipinski definition) is 0. The number of methoxy groups -OCH3 is 2. The van der Waals surface area contributed by atoms with Gasteiger partial charge >= 0.3 is 0 Å². The Morgan fingerprint density at radius 2 is 2.04 bits per heavy atom. The lowest BCUT2D eigenvalue weighted by Gasteiger charge is -2.11. The van der Waals surface area contributed by atoms with E-state index in [2.05, 4.69) is 10.2 Å². The number of hydrogen-bond acceptors (Lipinski definition) is 6. The minimum absolute atomic E-state index is 0.0593. The van der Waals surface area contributed by atoms with Crippen LogP contribution in [0.25, 0.3) is 0 Å². The SMILES string of the molecule is COCCCn1cnnc1SC(C)C(=O)c1ccc(OC)cc1. The van der Waals surface area contributed by atoms with Crippen LogP contribution in [0.15, 0.2) is 35.7 Å². The smallest absolute Gasteiger partial charge is 0.191 e. The third-order valence-corrected chi connectivity index (χ3v) is 4.45. The molecule has 0 aliphatic rings. The highest BCUT2D eigenvalue weighted by Gasteiger charge is 2.19. The molecule has 7 heteroatoms. The van der Waals surface area contributed by atoms with Crippen LogP contribution in [0.2, 0.25) is 0 Å². The van der Waals surface area contributed by atoms with Gasteiger partial charge in [0, 0.05) is 25.8 Å². The summed E-state index contributed by atoms with van der Waals surface area (Å²) in [5.74, 6) is 0.795. The van der Waals surface area contributed by atoms with E-state index in [1.54, 1.807) is 44.8 Å². The summed E-state index contributed by atoms with van der Waals surface area (Å²) >= 11 is 1.42. The predicted molar refractivity (Wildman–Crippen MR) is 89.2 cm³/mol. The van der Waals surface area contributed by atoms with Crippen LogP contribution in [0.5, 0.6) is 5.75 Å². The highest BCUT2D eigenvalue weighted by Crippen LogP contribution is 2.24. The Balaban J connectivity index is 1.99. The Bertz CT molecular complexity index is 628. The van der Waals surface area contributed by atoms with Gasteiger partial charge in [-0.15, -0.1) is 10.2 Å². The molecule has 1 heterocycles. The van der Waals surface area contributed by atoms with Crippen molar-refractivity contribution in [3.63, 3.8) is 0 Å². The number of thioether (sulfide) groups is 1. The average Bonchev–Trinajstić information content (AvgIpc) is 3.01. The molecule has 2 aromatic rings. The summed E-state index contributed by atoms with van der Waals surface area (Å²) in [6, 6.07) is 7.14. The fraction of sp³-hybridized carbons (Fsp3) is 0.438. The van der Waals surface area contributed by atoms with E-state index in [0.717, 1.165) is 23.9 Å². The van der Waals surface area contributed by atoms with Crippen molar-refractivity contribution >= 4 is 17.5 Å². The van der Waals surface area contributed by atoms with E-state index in [1.807, 2.05) is 11.5 Å². The first kappa shape index (κ1) is 17.5. The topological polar surface area (TPSA) is 66.2 Å². The Labute approximate surface area is 140 Å². The summed E-state index contributed by atoms with van der Waals surface area (Å²) in [7, 11) is 3.28. The molecule has 0 saturated heterocycles. The number of aromatic nitrogens is 3. The number of aryl methyl sites for hydroxylation is 1. The number of ketones is 1. The minimum atomic E-state index is -0.242. The van der Waals surface area contributed by atoms with Crippen LogP contribution < -0.4 is 4.74 Å². The van der Waals surface area contributed by atoms with E-state index in [-0.39, 0.29) is 11.0 Å². The second-order valence-electron chi connectivity index (χ2n) is 5.01. The quantitative estimate of drug-likeness (QED) is 0.399. The van der Waals surface area contributed by atoms with Crippen LogP contribution in [-0.2, 0) is 11.3 Å². The molecule has 6 nitrogen and oxygen atoms in total. The molecule has 1 atom stereocenters. The number of ether oxygens (including phenoxy) is 2. The predicted octanol–water partition coefficient (Wildman–Crippen LogP) is 2.69. The van der Waals surface area contributed by atoms with Crippen molar-refractivity contribution in [1.82, 2.24) is 14.8 Å². The summed E-state index contributed by atoms with van der Waals surface area (Å²) in [6.07, 6.45) is 2.56. The Hall–Kier alpha value is -1.86. The molecule has 0 saturated carbocycles. The van der Waals surface area contributed by atoms with Gasteiger partial charge in [-0.2, -0.15) is 0 Å². The number of rotatable bonds is 9. The molecule has 0 N–H and O–H groups in total. The molecule has 0 aliphatic carbocycles. The van der Waals surface area contributed by atoms with Gasteiger partial charge in [-0.1, -0.05) is 11.8 Å². The maximum Gasteiger partial charge on any atom is 0.191 e. The molecule has 1 unspecified atom stereocenters. The Morgan fingerprint density at radius 3 is 2.70 bits per heavy atom. The number of carbonyl (C=O) groups excluding carboxylic acids is 1. The third-order valence-electron chi connectivity index (χ3n) is 3.35. The molecular weight excluding hydrogens is 314 g/mol. The van der Waals surface area contributed by atoms with Gasteiger partial charge in [0.15, 0.2) is 10.9 Å². The lowest BCUT2D eigenvalue weighted by molar-refractivity contribution is 0.0994. The third kappa shape index (κ3) is 4.80. The summed E-state index contributed by atoms with van der Waals surface area (Å²) in [6.45, 7) is 3.33. The maximum atomic E-state index is 12.5. The zero-order chi connectivity index (χ0) is 16.7. The van der Waals surface area contributed by atoms with Gasteiger partial charge in [-0.25, -0.2) is 0 Å². The van der Waals surface area contributed by atoms with Gasteiger partial charge < -0.3 is 14.0 Å². The van der Waals surface area contributed by atoms with Gasteiger partial charge in [0.25, 0.3) is 0 Å². The zero-order valence-electron chi connectivity index (χ0n) is 13.6. The summed E-state index contributed by atoms with van der Waals surface area (Å²) < 4.78 is 12.1. The van der Waals surface area contributed by atoms with E-state index in [4.69, 9.17) is 9.47 Å². The van der Waals surface area contributed by atoms with E-state index in [0.29, 0.717) is 12.2 Å². The molecule has 0 bridgehead atoms. The second-order valence-corrected chi connectivity index (χ2v) is 6.31. The van der Waals surface area contributed by atoms with E-state index >= 15 is 0 Å². The van der Waals surface area contributed by atoms with Crippen molar-refractivity contribution in [3.05, 3.63) is 36.2 Å². The molecule has 1 aromatic heterocycles. The average molecular weight is 335 g/mol. The Kier molecular flexibility index (Phi) is 6.61. The normalized spacial score (nSPS) is 12.1. The first-order valence-electron chi connectivity index (χ1n) is 7.37. The Morgan fingerprint density at radius 1 is 1.30 bits per heavy atom. The summed E-state index contributed by atoms with van der Waals surface area (Å²) in [5.41, 5.74) is 0.663. The molecule has 1 aromatic carbocycles. The first-order chi connectivity index (χ1) is 11.2. The zero-order valence-corrected chi connectivity index (χ0v) is 14.4.